The first-order chi connectivity index (χ1) is 8.24. The Balaban J connectivity index is 2.20. The molecule has 0 saturated carbocycles. The molecule has 0 saturated heterocycles. The molecule has 0 amide bonds. The van der Waals surface area contributed by atoms with E-state index in [9.17, 15) is 0 Å². The third-order valence-electron chi connectivity index (χ3n) is 2.41. The second-order valence-electron chi connectivity index (χ2n) is 3.58. The summed E-state index contributed by atoms with van der Waals surface area (Å²) >= 11 is 4.95. The number of aromatic nitrogens is 2. The highest BCUT2D eigenvalue weighted by molar-refractivity contribution is 9.10. The lowest BCUT2D eigenvalue weighted by Crippen LogP contribution is -1.89. The Morgan fingerprint density at radius 2 is 2.12 bits per heavy atom. The molecular formula is C12H8BrN3S. The van der Waals surface area contributed by atoms with Gasteiger partial charge in [0.25, 0.3) is 0 Å². The minimum atomic E-state index is 0.721. The smallest absolute Gasteiger partial charge is 0.143 e. The van der Waals surface area contributed by atoms with Crippen molar-refractivity contribution in [3.8, 4) is 10.6 Å². The molecule has 84 valence electrons. The number of pyridine rings is 1. The number of rotatable bonds is 1. The Morgan fingerprint density at radius 1 is 1.24 bits per heavy atom. The molecule has 0 aliphatic carbocycles. The fourth-order valence-electron chi connectivity index (χ4n) is 1.61. The zero-order chi connectivity index (χ0) is 11.8. The first-order valence-electron chi connectivity index (χ1n) is 5.01. The van der Waals surface area contributed by atoms with Crippen LogP contribution in [-0.2, 0) is 0 Å². The number of hydrogen-bond donors (Lipinski definition) is 1. The van der Waals surface area contributed by atoms with Gasteiger partial charge >= 0.3 is 0 Å². The van der Waals surface area contributed by atoms with Crippen molar-refractivity contribution in [3.05, 3.63) is 41.0 Å². The second kappa shape index (κ2) is 4.09. The number of anilines is 1. The maximum Gasteiger partial charge on any atom is 0.143 e. The van der Waals surface area contributed by atoms with Crippen LogP contribution in [0.5, 0.6) is 0 Å². The molecule has 3 nitrogen and oxygen atoms in total. The topological polar surface area (TPSA) is 51.8 Å². The summed E-state index contributed by atoms with van der Waals surface area (Å²) < 4.78 is 0.970. The molecule has 0 atom stereocenters. The molecule has 0 aliphatic rings. The summed E-state index contributed by atoms with van der Waals surface area (Å²) in [6, 6.07) is 9.66. The highest BCUT2D eigenvalue weighted by Gasteiger charge is 2.09. The summed E-state index contributed by atoms with van der Waals surface area (Å²) in [5, 5.41) is 0.906. The number of nitrogen functional groups attached to an aromatic ring is 1. The molecule has 17 heavy (non-hydrogen) atoms. The molecule has 2 heterocycles. The van der Waals surface area contributed by atoms with E-state index in [2.05, 4.69) is 25.9 Å². The van der Waals surface area contributed by atoms with Gasteiger partial charge in [-0.15, -0.1) is 0 Å². The fourth-order valence-corrected chi connectivity index (χ4v) is 2.95. The van der Waals surface area contributed by atoms with Gasteiger partial charge < -0.3 is 5.73 Å². The number of thiazole rings is 1. The van der Waals surface area contributed by atoms with Crippen LogP contribution < -0.4 is 5.73 Å². The van der Waals surface area contributed by atoms with Crippen molar-refractivity contribution in [2.45, 2.75) is 0 Å². The standard InChI is InChI=1S/C12H8BrN3S/c13-7-3-4-8(9(14)6-7)11-16-10-2-1-5-15-12(10)17-11/h1-6H,14H2. The molecule has 1 aromatic carbocycles. The predicted octanol–water partition coefficient (Wildman–Crippen LogP) is 3.70. The van der Waals surface area contributed by atoms with Gasteiger partial charge in [0.2, 0.25) is 0 Å². The molecule has 3 aromatic rings. The van der Waals surface area contributed by atoms with Crippen LogP contribution in [0.2, 0.25) is 0 Å². The van der Waals surface area contributed by atoms with Crippen LogP contribution in [0.1, 0.15) is 0 Å². The molecule has 2 aromatic heterocycles. The monoisotopic (exact) mass is 305 g/mol. The molecule has 0 unspecified atom stereocenters. The van der Waals surface area contributed by atoms with Crippen LogP contribution in [0.4, 0.5) is 5.69 Å². The van der Waals surface area contributed by atoms with Gasteiger partial charge in [-0.05, 0) is 30.3 Å². The first-order valence-corrected chi connectivity index (χ1v) is 6.62. The molecule has 0 fully saturated rings. The molecule has 5 heteroatoms. The summed E-state index contributed by atoms with van der Waals surface area (Å²) in [5.74, 6) is 0. The number of nitrogens with two attached hydrogens (primary N) is 1. The van der Waals surface area contributed by atoms with Crippen LogP contribution in [0.15, 0.2) is 41.0 Å². The van der Waals surface area contributed by atoms with Crippen molar-refractivity contribution in [1.29, 1.82) is 0 Å². The third-order valence-corrected chi connectivity index (χ3v) is 3.92. The summed E-state index contributed by atoms with van der Waals surface area (Å²) in [4.78, 5) is 9.75. The average Bonchev–Trinajstić information content (AvgIpc) is 2.72. The Hall–Kier alpha value is -1.46. The minimum Gasteiger partial charge on any atom is -0.398 e. The van der Waals surface area contributed by atoms with Crippen LogP contribution >= 0.6 is 27.3 Å². The first kappa shape index (κ1) is 10.7. The maximum absolute atomic E-state index is 5.99. The molecule has 0 radical (unpaired) electrons. The van der Waals surface area contributed by atoms with E-state index in [0.29, 0.717) is 0 Å². The summed E-state index contributed by atoms with van der Waals surface area (Å²) in [5.41, 5.74) is 8.58. The van der Waals surface area contributed by atoms with Crippen LogP contribution in [0, 0.1) is 0 Å². The highest BCUT2D eigenvalue weighted by Crippen LogP contribution is 2.33. The van der Waals surface area contributed by atoms with Crippen molar-refractivity contribution in [3.63, 3.8) is 0 Å². The van der Waals surface area contributed by atoms with Crippen molar-refractivity contribution in [2.75, 3.05) is 5.73 Å². The number of benzene rings is 1. The summed E-state index contributed by atoms with van der Waals surface area (Å²) in [6.45, 7) is 0. The Bertz CT molecular complexity index is 660. The fraction of sp³-hybridized carbons (Fsp3) is 0. The van der Waals surface area contributed by atoms with Gasteiger partial charge in [0.15, 0.2) is 0 Å². The van der Waals surface area contributed by atoms with E-state index in [0.717, 1.165) is 31.1 Å². The van der Waals surface area contributed by atoms with Crippen molar-refractivity contribution in [1.82, 2.24) is 9.97 Å². The minimum absolute atomic E-state index is 0.721. The summed E-state index contributed by atoms with van der Waals surface area (Å²) in [7, 11) is 0. The Labute approximate surface area is 110 Å². The van der Waals surface area contributed by atoms with E-state index in [-0.39, 0.29) is 0 Å². The number of nitrogens with zero attached hydrogens (tertiary/aromatic N) is 2. The lowest BCUT2D eigenvalue weighted by atomic mass is 10.2. The molecule has 0 spiro atoms. The molecule has 2 N–H and O–H groups in total. The van der Waals surface area contributed by atoms with Gasteiger partial charge in [-0.3, -0.25) is 0 Å². The zero-order valence-corrected chi connectivity index (χ0v) is 11.1. The van der Waals surface area contributed by atoms with Gasteiger partial charge in [0.05, 0.1) is 0 Å². The van der Waals surface area contributed by atoms with Gasteiger partial charge in [-0.2, -0.15) is 0 Å². The normalized spacial score (nSPS) is 10.9. The maximum atomic E-state index is 5.99. The lowest BCUT2D eigenvalue weighted by Gasteiger charge is -2.01. The van der Waals surface area contributed by atoms with Gasteiger partial charge in [-0.1, -0.05) is 27.3 Å². The zero-order valence-electron chi connectivity index (χ0n) is 8.72. The number of fused-ring (bicyclic) bond motifs is 1. The van der Waals surface area contributed by atoms with Crippen LogP contribution in [-0.4, -0.2) is 9.97 Å². The SMILES string of the molecule is Nc1cc(Br)ccc1-c1nc2cccnc2s1. The number of hydrogen-bond acceptors (Lipinski definition) is 4. The largest absolute Gasteiger partial charge is 0.398 e. The molecule has 0 bridgehead atoms. The number of halogens is 1. The van der Waals surface area contributed by atoms with E-state index >= 15 is 0 Å². The Morgan fingerprint density at radius 3 is 2.88 bits per heavy atom. The Kier molecular flexibility index (Phi) is 2.57. The van der Waals surface area contributed by atoms with E-state index in [1.54, 1.807) is 17.5 Å². The van der Waals surface area contributed by atoms with Crippen LogP contribution in [0.25, 0.3) is 20.9 Å². The van der Waals surface area contributed by atoms with Gasteiger partial charge in [-0.25, -0.2) is 9.97 Å². The van der Waals surface area contributed by atoms with Crippen molar-refractivity contribution < 1.29 is 0 Å². The second-order valence-corrected chi connectivity index (χ2v) is 5.47. The van der Waals surface area contributed by atoms with E-state index in [1.807, 2.05) is 30.3 Å². The highest BCUT2D eigenvalue weighted by atomic mass is 79.9. The lowest BCUT2D eigenvalue weighted by molar-refractivity contribution is 1.40. The average molecular weight is 306 g/mol. The van der Waals surface area contributed by atoms with Crippen LogP contribution in [0.3, 0.4) is 0 Å². The third kappa shape index (κ3) is 1.92. The van der Waals surface area contributed by atoms with Gasteiger partial charge in [0.1, 0.15) is 15.4 Å². The summed E-state index contributed by atoms with van der Waals surface area (Å²) in [6.07, 6.45) is 1.77. The quantitative estimate of drug-likeness (QED) is 0.697. The predicted molar refractivity (Wildman–Crippen MR) is 75.0 cm³/mol. The molecule has 3 rings (SSSR count). The van der Waals surface area contributed by atoms with Crippen molar-refractivity contribution in [2.24, 2.45) is 0 Å². The van der Waals surface area contributed by atoms with E-state index < -0.39 is 0 Å². The molecular weight excluding hydrogens is 298 g/mol. The van der Waals surface area contributed by atoms with Crippen molar-refractivity contribution >= 4 is 43.3 Å². The molecule has 0 aliphatic heterocycles. The van der Waals surface area contributed by atoms with E-state index in [4.69, 9.17) is 5.73 Å². The van der Waals surface area contributed by atoms with E-state index in [1.165, 1.54) is 0 Å². The van der Waals surface area contributed by atoms with Gasteiger partial charge in [0, 0.05) is 21.9 Å².